The first-order valence-electron chi connectivity index (χ1n) is 31.9. The van der Waals surface area contributed by atoms with Gasteiger partial charge in [0.25, 0.3) is 23.2 Å². The summed E-state index contributed by atoms with van der Waals surface area (Å²) >= 11 is 10.7. The number of non-ortho nitro benzene ring substituents is 2. The molecule has 96 heavy (non-hydrogen) atoms. The number of carbonyl (C=O) groups excluding carboxylic acids is 4. The van der Waals surface area contributed by atoms with Crippen molar-refractivity contribution in [3.8, 4) is 23.0 Å². The fourth-order valence-corrected chi connectivity index (χ4v) is 11.1. The predicted molar refractivity (Wildman–Crippen MR) is 382 cm³/mol. The van der Waals surface area contributed by atoms with Gasteiger partial charge in [-0.25, -0.2) is 0 Å². The number of hydrogen-bond acceptors (Lipinski definition) is 14. The van der Waals surface area contributed by atoms with Crippen LogP contribution in [0.15, 0.2) is 97.1 Å². The molecule has 512 valence electrons. The number of nitro benzene ring substituents is 2. The van der Waals surface area contributed by atoms with E-state index in [2.05, 4.69) is 126 Å². The van der Waals surface area contributed by atoms with Crippen molar-refractivity contribution in [1.82, 2.24) is 31.9 Å². The van der Waals surface area contributed by atoms with Crippen LogP contribution in [0.5, 0.6) is 23.0 Å². The van der Waals surface area contributed by atoms with Crippen molar-refractivity contribution in [2.45, 2.75) is 156 Å². The quantitative estimate of drug-likeness (QED) is 0.0147. The Labute approximate surface area is 572 Å². The summed E-state index contributed by atoms with van der Waals surface area (Å²) in [5.41, 5.74) is 8.04. The zero-order chi connectivity index (χ0) is 70.8. The molecule has 1 aliphatic rings. The molecule has 0 heterocycles. The lowest BCUT2D eigenvalue weighted by atomic mass is 9.79. The molecular weight excluding hydrogens is 1260 g/mol. The maximum atomic E-state index is 14.0. The Morgan fingerprint density at radius 1 is 0.448 bits per heavy atom. The van der Waals surface area contributed by atoms with Gasteiger partial charge in [-0.3, -0.25) is 39.4 Å². The van der Waals surface area contributed by atoms with Gasteiger partial charge in [0.1, 0.15) is 35.1 Å². The summed E-state index contributed by atoms with van der Waals surface area (Å²) in [6.07, 6.45) is 0.570. The Bertz CT molecular complexity index is 3570. The van der Waals surface area contributed by atoms with Crippen LogP contribution in [0.25, 0.3) is 0 Å². The third-order valence-electron chi connectivity index (χ3n) is 16.3. The average Bonchev–Trinajstić information content (AvgIpc) is 0.774. The summed E-state index contributed by atoms with van der Waals surface area (Å²) in [4.78, 5) is 75.8. The van der Waals surface area contributed by atoms with Gasteiger partial charge in [-0.2, -0.15) is 0 Å². The Hall–Kier alpha value is -9.42. The highest BCUT2D eigenvalue weighted by Gasteiger charge is 2.30. The van der Waals surface area contributed by atoms with Crippen LogP contribution >= 0.6 is 24.4 Å². The maximum Gasteiger partial charge on any atom is 0.269 e. The summed E-state index contributed by atoms with van der Waals surface area (Å²) < 4.78 is 13.4. The Kier molecular flexibility index (Phi) is 23.9. The molecule has 22 nitrogen and oxygen atoms in total. The van der Waals surface area contributed by atoms with Gasteiger partial charge in [0.15, 0.2) is 23.4 Å². The van der Waals surface area contributed by atoms with E-state index in [-0.39, 0.29) is 85.0 Å². The standard InChI is InChI=1S/C72H90N10O12S2/c1-41(65(87)73-23-25-75-67(95)79-55-15-19-57(20-16-55)81(89)90)77-59(83)39-93-63-47-27-43-31-51(69(3,4)5)33-45(61(43)85)29-49-37-54(72(12,13)14)38-50(30-46-34-52(70(6,7)8)32-44(62(46)86)28-48(63)36-53(35-47)71(9,10)11)64(49)94-40-60(84)78-42(2)66(88)74-24-26-76-68(96)80-56-17-21-58(22-18-56)82(91)92/h15-22,31-38,41-42,85-86H,23-30,39-40H2,1-14H3,(H,73,87)(H,74,88)(H,77,83)(H,78,84)(H2,75,79,95)(H2,76,80,96)/t41-,42-/m0/s1. The van der Waals surface area contributed by atoms with Crippen LogP contribution in [0.4, 0.5) is 22.7 Å². The number of nitro groups is 2. The van der Waals surface area contributed by atoms with Crippen molar-refractivity contribution >= 4 is 81.0 Å². The van der Waals surface area contributed by atoms with Crippen molar-refractivity contribution in [3.05, 3.63) is 184 Å². The van der Waals surface area contributed by atoms with Gasteiger partial charge in [-0.05, 0) is 151 Å². The zero-order valence-corrected chi connectivity index (χ0v) is 58.8. The first-order valence-corrected chi connectivity index (χ1v) is 32.7. The molecule has 10 N–H and O–H groups in total. The topological polar surface area (TPSA) is 310 Å². The SMILES string of the molecule is C[C@H](NC(=O)COc1c2cc(C(C)(C)C)cc1Cc1cc(C(C)(C)C)cc(c1O)Cc1cc(C(C)(C)C)cc(c1OCC(=O)N[C@@H](C)C(=O)NCCNC(=S)Nc1ccc([N+](=O)[O-])cc1)Cc1cc(C(C)(C)C)cc(c1O)C2)C(=O)NCCNC(=S)Nc1ccc([N+](=O)[O-])cc1. The van der Waals surface area contributed by atoms with E-state index in [9.17, 15) is 49.6 Å². The van der Waals surface area contributed by atoms with Crippen LogP contribution in [0.1, 0.15) is 164 Å². The van der Waals surface area contributed by atoms with E-state index in [1.165, 1.54) is 48.5 Å². The first kappa shape index (κ1) is 74.0. The van der Waals surface area contributed by atoms with Crippen molar-refractivity contribution < 1.29 is 48.7 Å². The van der Waals surface area contributed by atoms with Crippen molar-refractivity contribution in [2.75, 3.05) is 50.0 Å². The fourth-order valence-electron chi connectivity index (χ4n) is 10.7. The highest BCUT2D eigenvalue weighted by molar-refractivity contribution is 7.80. The minimum Gasteiger partial charge on any atom is -0.507 e. The van der Waals surface area contributed by atoms with E-state index in [0.717, 1.165) is 22.3 Å². The number of phenols is 2. The second kappa shape index (κ2) is 31.0. The number of amides is 4. The molecule has 6 aromatic carbocycles. The molecule has 0 aromatic heterocycles. The van der Waals surface area contributed by atoms with Crippen LogP contribution in [-0.2, 0) is 66.5 Å². The predicted octanol–water partition coefficient (Wildman–Crippen LogP) is 10.8. The third-order valence-corrected chi connectivity index (χ3v) is 16.8. The molecule has 7 rings (SSSR count). The number of carbonyl (C=O) groups is 4. The number of fused-ring (bicyclic) bond motifs is 8. The summed E-state index contributed by atoms with van der Waals surface area (Å²) in [6.45, 7) is 28.1. The summed E-state index contributed by atoms with van der Waals surface area (Å²) in [6, 6.07) is 25.7. The van der Waals surface area contributed by atoms with Gasteiger partial charge >= 0.3 is 0 Å². The molecule has 0 unspecified atom stereocenters. The largest absolute Gasteiger partial charge is 0.507 e. The van der Waals surface area contributed by atoms with Gasteiger partial charge in [0.05, 0.1) is 9.85 Å². The lowest BCUT2D eigenvalue weighted by molar-refractivity contribution is -0.385. The average molecular weight is 1350 g/mol. The number of anilines is 2. The number of hydrogen-bond donors (Lipinski definition) is 10. The number of thiocarbonyl (C=S) groups is 2. The number of nitrogens with one attached hydrogen (secondary N) is 8. The smallest absolute Gasteiger partial charge is 0.269 e. The monoisotopic (exact) mass is 1350 g/mol. The van der Waals surface area contributed by atoms with Gasteiger partial charge in [0, 0.05) is 87.5 Å². The zero-order valence-electron chi connectivity index (χ0n) is 57.2. The van der Waals surface area contributed by atoms with Gasteiger partial charge in [-0.15, -0.1) is 0 Å². The summed E-state index contributed by atoms with van der Waals surface area (Å²) in [7, 11) is 0. The highest BCUT2D eigenvalue weighted by atomic mass is 32.1. The lowest BCUT2D eigenvalue weighted by Gasteiger charge is -2.28. The molecule has 0 radical (unpaired) electrons. The second-order valence-corrected chi connectivity index (χ2v) is 29.2. The normalized spacial score (nSPS) is 13.0. The number of aromatic hydroxyl groups is 2. The molecule has 4 amide bonds. The number of phenolic OH excluding ortho intramolecular Hbond substituents is 2. The number of rotatable bonds is 20. The Balaban J connectivity index is 1.19. The van der Waals surface area contributed by atoms with Crippen molar-refractivity contribution in [2.24, 2.45) is 0 Å². The molecule has 1 aliphatic carbocycles. The number of benzene rings is 6. The van der Waals surface area contributed by atoms with Gasteiger partial charge in [-0.1, -0.05) is 132 Å². The van der Waals surface area contributed by atoms with E-state index in [1.54, 1.807) is 13.8 Å². The third kappa shape index (κ3) is 20.3. The van der Waals surface area contributed by atoms with Crippen LogP contribution in [0.3, 0.4) is 0 Å². The minimum absolute atomic E-state index is 0.0285. The van der Waals surface area contributed by atoms with E-state index in [4.69, 9.17) is 33.9 Å². The Morgan fingerprint density at radius 2 is 0.698 bits per heavy atom. The van der Waals surface area contributed by atoms with Crippen molar-refractivity contribution in [1.29, 1.82) is 0 Å². The van der Waals surface area contributed by atoms with E-state index in [0.29, 0.717) is 67.4 Å². The van der Waals surface area contributed by atoms with Crippen molar-refractivity contribution in [3.63, 3.8) is 0 Å². The molecule has 6 aromatic rings. The minimum atomic E-state index is -0.974. The van der Waals surface area contributed by atoms with E-state index >= 15 is 0 Å². The summed E-state index contributed by atoms with van der Waals surface area (Å²) in [5.74, 6) is -1.25. The second-order valence-electron chi connectivity index (χ2n) is 28.3. The molecule has 0 aliphatic heterocycles. The molecule has 2 atom stereocenters. The molecule has 0 spiro atoms. The lowest BCUT2D eigenvalue weighted by Crippen LogP contribution is -2.47. The van der Waals surface area contributed by atoms with Gasteiger partial charge < -0.3 is 62.2 Å². The van der Waals surface area contributed by atoms with Crippen LogP contribution in [-0.4, -0.2) is 105 Å². The van der Waals surface area contributed by atoms with E-state index < -0.39 is 80.4 Å². The highest BCUT2D eigenvalue weighted by Crippen LogP contribution is 2.44. The van der Waals surface area contributed by atoms with E-state index in [1.807, 2.05) is 48.5 Å². The summed E-state index contributed by atoms with van der Waals surface area (Å²) in [5, 5.41) is 71.2. The molecular formula is C72H90N10O12S2. The molecule has 8 bridgehead atoms. The van der Waals surface area contributed by atoms with Crippen LogP contribution < -0.4 is 52.0 Å². The molecule has 0 saturated carbocycles. The number of nitrogens with zero attached hydrogens (tertiary/aromatic N) is 2. The first-order chi connectivity index (χ1) is 44.8. The van der Waals surface area contributed by atoms with Crippen LogP contribution in [0.2, 0.25) is 0 Å². The molecule has 0 saturated heterocycles. The molecule has 24 heteroatoms. The Morgan fingerprint density at radius 3 is 0.948 bits per heavy atom. The molecule has 0 fully saturated rings. The van der Waals surface area contributed by atoms with Gasteiger partial charge in [0.2, 0.25) is 11.8 Å². The maximum absolute atomic E-state index is 14.0. The fraction of sp³-hybridized carbons (Fsp3) is 0.417. The van der Waals surface area contributed by atoms with Crippen LogP contribution in [0, 0.1) is 20.2 Å². The number of ether oxygens (including phenoxy) is 2.